The van der Waals surface area contributed by atoms with Crippen molar-refractivity contribution < 1.29 is 27.7 Å². The van der Waals surface area contributed by atoms with Gasteiger partial charge >= 0.3 is 0 Å². The van der Waals surface area contributed by atoms with E-state index in [-0.39, 0.29) is 23.2 Å². The highest BCUT2D eigenvalue weighted by atomic mass is 32.2. The minimum atomic E-state index is -4.47. The van der Waals surface area contributed by atoms with Crippen molar-refractivity contribution in [2.24, 2.45) is 0 Å². The number of rotatable bonds is 20. The fourth-order valence-corrected chi connectivity index (χ4v) is 7.57. The number of nitrogens with one attached hydrogen (secondary N) is 2. The van der Waals surface area contributed by atoms with E-state index < -0.39 is 31.4 Å². The van der Waals surface area contributed by atoms with Crippen LogP contribution in [0.4, 0.5) is 11.4 Å². The Morgan fingerprint density at radius 3 is 2.20 bits per heavy atom. The Bertz CT molecular complexity index is 2030. The van der Waals surface area contributed by atoms with Crippen LogP contribution in [0.5, 0.6) is 5.75 Å². The first kappa shape index (κ1) is 42.8. The standard InChI is InChI=1S/C40H50N6O7S2/c1-43(2)23-22-32(28-54-33-10-8-7-9-11-33)41-36-20-18-34(27-37(36)46(49)50)55(51,52)42-40(48)31-16-14-30(15-17-31)35-19-12-29(26-38(35)53-6)13-21-39(47)45(5)25-24-44(3)4/h7-12,14-20,26-27,32,41H,13,21-25,28H2,1-6H3,(H,42,48)/t32-/m1/s1. The molecule has 0 unspecified atom stereocenters. The number of nitro benzene ring substituents is 1. The number of hydrogen-bond acceptors (Lipinski definition) is 11. The van der Waals surface area contributed by atoms with Crippen molar-refractivity contribution in [3.8, 4) is 16.9 Å². The molecule has 0 saturated carbocycles. The summed E-state index contributed by atoms with van der Waals surface area (Å²) in [4.78, 5) is 43.7. The van der Waals surface area contributed by atoms with Crippen LogP contribution < -0.4 is 14.8 Å². The predicted octanol–water partition coefficient (Wildman–Crippen LogP) is 5.87. The number of amides is 2. The predicted molar refractivity (Wildman–Crippen MR) is 218 cm³/mol. The van der Waals surface area contributed by atoms with Gasteiger partial charge in [-0.05, 0) is 101 Å². The van der Waals surface area contributed by atoms with Gasteiger partial charge in [0.1, 0.15) is 11.4 Å². The second kappa shape index (κ2) is 20.1. The van der Waals surface area contributed by atoms with Crippen molar-refractivity contribution >= 4 is 45.0 Å². The Labute approximate surface area is 328 Å². The van der Waals surface area contributed by atoms with E-state index in [0.29, 0.717) is 37.3 Å². The highest BCUT2D eigenvalue weighted by Crippen LogP contribution is 2.33. The molecule has 4 aromatic rings. The third-order valence-electron chi connectivity index (χ3n) is 8.84. The molecule has 4 rings (SSSR count). The van der Waals surface area contributed by atoms with Gasteiger partial charge in [0.15, 0.2) is 0 Å². The minimum absolute atomic E-state index is 0.0572. The van der Waals surface area contributed by atoms with Crippen LogP contribution in [0.1, 0.15) is 28.8 Å². The van der Waals surface area contributed by atoms with Gasteiger partial charge in [0, 0.05) is 60.4 Å². The van der Waals surface area contributed by atoms with Crippen LogP contribution in [0.25, 0.3) is 11.1 Å². The van der Waals surface area contributed by atoms with Gasteiger partial charge in [0.2, 0.25) is 5.91 Å². The van der Waals surface area contributed by atoms with E-state index in [9.17, 15) is 28.1 Å². The molecule has 0 bridgehead atoms. The van der Waals surface area contributed by atoms with Crippen molar-refractivity contribution in [1.29, 1.82) is 0 Å². The van der Waals surface area contributed by atoms with Crippen molar-refractivity contribution in [2.45, 2.75) is 35.1 Å². The van der Waals surface area contributed by atoms with Gasteiger partial charge in [0.25, 0.3) is 21.6 Å². The zero-order valence-electron chi connectivity index (χ0n) is 32.2. The Hall–Kier alpha value is -4.96. The number of hydrogen-bond donors (Lipinski definition) is 2. The maximum absolute atomic E-state index is 13.3. The lowest BCUT2D eigenvalue weighted by Gasteiger charge is -2.22. The molecule has 0 spiro atoms. The summed E-state index contributed by atoms with van der Waals surface area (Å²) in [5, 5.41) is 15.4. The smallest absolute Gasteiger partial charge is 0.293 e. The summed E-state index contributed by atoms with van der Waals surface area (Å²) >= 11 is 1.62. The quantitative estimate of drug-likeness (QED) is 0.0628. The molecule has 0 aliphatic rings. The number of benzene rings is 4. The van der Waals surface area contributed by atoms with E-state index >= 15 is 0 Å². The molecule has 0 fully saturated rings. The monoisotopic (exact) mass is 790 g/mol. The van der Waals surface area contributed by atoms with Crippen LogP contribution in [-0.2, 0) is 21.2 Å². The number of sulfonamides is 1. The van der Waals surface area contributed by atoms with Crippen molar-refractivity contribution in [3.05, 3.63) is 112 Å². The van der Waals surface area contributed by atoms with E-state index in [4.69, 9.17) is 4.74 Å². The molecule has 1 atom stereocenters. The first-order valence-electron chi connectivity index (χ1n) is 17.8. The average Bonchev–Trinajstić information content (AvgIpc) is 3.17. The lowest BCUT2D eigenvalue weighted by Crippen LogP contribution is -2.33. The van der Waals surface area contributed by atoms with Gasteiger partial charge in [-0.1, -0.05) is 42.5 Å². The maximum Gasteiger partial charge on any atom is 0.293 e. The van der Waals surface area contributed by atoms with E-state index in [1.54, 1.807) is 43.0 Å². The summed E-state index contributed by atoms with van der Waals surface area (Å²) in [6.07, 6.45) is 1.59. The molecule has 4 aromatic carbocycles. The Balaban J connectivity index is 1.44. The number of anilines is 1. The molecule has 2 N–H and O–H groups in total. The average molecular weight is 791 g/mol. The van der Waals surface area contributed by atoms with Crippen LogP contribution in [0.2, 0.25) is 0 Å². The molecule has 294 valence electrons. The highest BCUT2D eigenvalue weighted by Gasteiger charge is 2.25. The number of aryl methyl sites for hydroxylation is 1. The van der Waals surface area contributed by atoms with Crippen LogP contribution in [-0.4, -0.2) is 114 Å². The van der Waals surface area contributed by atoms with E-state index in [1.165, 1.54) is 24.3 Å². The van der Waals surface area contributed by atoms with Crippen molar-refractivity contribution in [3.63, 3.8) is 0 Å². The van der Waals surface area contributed by atoms with E-state index in [1.807, 2.05) is 91.2 Å². The van der Waals surface area contributed by atoms with Crippen molar-refractivity contribution in [2.75, 3.05) is 73.1 Å². The summed E-state index contributed by atoms with van der Waals surface area (Å²) in [5.41, 5.74) is 2.26. The largest absolute Gasteiger partial charge is 0.496 e. The second-order valence-electron chi connectivity index (χ2n) is 13.7. The lowest BCUT2D eigenvalue weighted by atomic mass is 9.99. The second-order valence-corrected chi connectivity index (χ2v) is 16.4. The summed E-state index contributed by atoms with van der Waals surface area (Å²) in [5.74, 6) is 0.381. The molecule has 2 amide bonds. The number of thioether (sulfide) groups is 1. The molecule has 13 nitrogen and oxygen atoms in total. The number of nitro groups is 1. The van der Waals surface area contributed by atoms with Gasteiger partial charge in [-0.25, -0.2) is 13.1 Å². The number of likely N-dealkylation sites (N-methyl/N-ethyl adjacent to an activating group) is 2. The van der Waals surface area contributed by atoms with Gasteiger partial charge < -0.3 is 24.8 Å². The number of nitrogens with zero attached hydrogens (tertiary/aromatic N) is 4. The highest BCUT2D eigenvalue weighted by molar-refractivity contribution is 7.99. The third-order valence-corrected chi connectivity index (χ3v) is 11.3. The molecule has 0 aromatic heterocycles. The van der Waals surface area contributed by atoms with Crippen LogP contribution >= 0.6 is 11.8 Å². The molecular weight excluding hydrogens is 741 g/mol. The van der Waals surface area contributed by atoms with Gasteiger partial charge in [0.05, 0.1) is 16.9 Å². The molecular formula is C40H50N6O7S2. The van der Waals surface area contributed by atoms with Crippen LogP contribution in [0, 0.1) is 10.1 Å². The minimum Gasteiger partial charge on any atom is -0.496 e. The molecule has 0 radical (unpaired) electrons. The van der Waals surface area contributed by atoms with Gasteiger partial charge in [-0.3, -0.25) is 19.7 Å². The summed E-state index contributed by atoms with van der Waals surface area (Å²) in [6.45, 7) is 2.17. The molecule has 0 heterocycles. The molecule has 15 heteroatoms. The first-order valence-corrected chi connectivity index (χ1v) is 20.2. The van der Waals surface area contributed by atoms with E-state index in [2.05, 4.69) is 5.32 Å². The number of carbonyl (C=O) groups is 2. The number of methoxy groups -OCH3 is 1. The first-order chi connectivity index (χ1) is 26.2. The summed E-state index contributed by atoms with van der Waals surface area (Å²) in [6, 6.07) is 25.3. The van der Waals surface area contributed by atoms with Crippen LogP contribution in [0.3, 0.4) is 0 Å². The van der Waals surface area contributed by atoms with Crippen LogP contribution in [0.15, 0.2) is 101 Å². The number of ether oxygens (including phenoxy) is 1. The lowest BCUT2D eigenvalue weighted by molar-refractivity contribution is -0.384. The maximum atomic E-state index is 13.3. The summed E-state index contributed by atoms with van der Waals surface area (Å²) in [7, 11) is 6.70. The zero-order valence-corrected chi connectivity index (χ0v) is 33.8. The van der Waals surface area contributed by atoms with Crippen molar-refractivity contribution in [1.82, 2.24) is 19.4 Å². The molecule has 0 aliphatic heterocycles. The Kier molecular flexibility index (Phi) is 15.6. The fraction of sp³-hybridized carbons (Fsp3) is 0.350. The Morgan fingerprint density at radius 1 is 0.873 bits per heavy atom. The topological polar surface area (TPSA) is 154 Å². The van der Waals surface area contributed by atoms with Gasteiger partial charge in [-0.15, -0.1) is 11.8 Å². The molecule has 0 saturated heterocycles. The number of carbonyl (C=O) groups excluding carboxylic acids is 2. The molecule has 55 heavy (non-hydrogen) atoms. The normalized spacial score (nSPS) is 12.0. The fourth-order valence-electron chi connectivity index (χ4n) is 5.58. The molecule has 0 aliphatic carbocycles. The van der Waals surface area contributed by atoms with Gasteiger partial charge in [-0.2, -0.15) is 0 Å². The third kappa shape index (κ3) is 12.8. The summed E-state index contributed by atoms with van der Waals surface area (Å²) < 4.78 is 34.4. The Morgan fingerprint density at radius 2 is 1.56 bits per heavy atom. The SMILES string of the molecule is COc1cc(CCC(=O)N(C)CCN(C)C)ccc1-c1ccc(C(=O)NS(=O)(=O)c2ccc(N[C@H](CCN(C)C)CSc3ccccc3)c([N+](=O)[O-])c2)cc1. The zero-order chi connectivity index (χ0) is 40.1. The van der Waals surface area contributed by atoms with E-state index in [0.717, 1.165) is 40.7 Å².